The number of rotatable bonds is 2. The lowest BCUT2D eigenvalue weighted by Crippen LogP contribution is -2.48. The number of piperidine rings is 1. The van der Waals surface area contributed by atoms with Crippen molar-refractivity contribution in [1.29, 1.82) is 0 Å². The number of hydrogen-bond acceptors (Lipinski definition) is 2. The van der Waals surface area contributed by atoms with Gasteiger partial charge in [-0.1, -0.05) is 24.4 Å². The van der Waals surface area contributed by atoms with Gasteiger partial charge in [0, 0.05) is 30.1 Å². The molecule has 0 unspecified atom stereocenters. The second kappa shape index (κ2) is 6.50. The van der Waals surface area contributed by atoms with E-state index in [9.17, 15) is 4.79 Å². The van der Waals surface area contributed by atoms with Crippen LogP contribution in [0.15, 0.2) is 5.11 Å². The van der Waals surface area contributed by atoms with Gasteiger partial charge in [-0.2, -0.15) is 0 Å². The van der Waals surface area contributed by atoms with Crippen molar-refractivity contribution in [2.75, 3.05) is 13.1 Å². The largest absolute Gasteiger partial charge is 0.335 e. The van der Waals surface area contributed by atoms with Crippen molar-refractivity contribution in [1.82, 2.24) is 10.2 Å². The van der Waals surface area contributed by atoms with Crippen LogP contribution in [0.3, 0.4) is 0 Å². The van der Waals surface area contributed by atoms with E-state index in [1.54, 1.807) is 0 Å². The Morgan fingerprint density at radius 2 is 1.83 bits per heavy atom. The van der Waals surface area contributed by atoms with Crippen LogP contribution in [0.4, 0.5) is 4.79 Å². The molecule has 2 fully saturated rings. The Kier molecular flexibility index (Phi) is 4.70. The number of carbonyl (C=O) groups is 1. The van der Waals surface area contributed by atoms with Gasteiger partial charge in [-0.05, 0) is 31.2 Å². The molecule has 0 aromatic carbocycles. The lowest BCUT2D eigenvalue weighted by molar-refractivity contribution is 0.175. The summed E-state index contributed by atoms with van der Waals surface area (Å²) in [7, 11) is 0. The minimum Gasteiger partial charge on any atom is -0.335 e. The second-order valence-electron chi connectivity index (χ2n) is 5.21. The molecule has 6 heteroatoms. The number of carbonyl (C=O) groups excluding carboxylic acids is 1. The summed E-state index contributed by atoms with van der Waals surface area (Å²) in [6.07, 6.45) is 7.53. The zero-order chi connectivity index (χ0) is 12.8. The molecule has 2 rings (SSSR count). The predicted octanol–water partition coefficient (Wildman–Crippen LogP) is 2.80. The van der Waals surface area contributed by atoms with Crippen molar-refractivity contribution in [2.24, 2.45) is 5.11 Å². The van der Waals surface area contributed by atoms with E-state index in [-0.39, 0.29) is 12.1 Å². The summed E-state index contributed by atoms with van der Waals surface area (Å²) >= 11 is 0. The minimum atomic E-state index is 0.0567. The van der Waals surface area contributed by atoms with Gasteiger partial charge in [-0.15, -0.1) is 0 Å². The maximum Gasteiger partial charge on any atom is 0.317 e. The normalized spacial score (nSPS) is 22.3. The van der Waals surface area contributed by atoms with Gasteiger partial charge in [0.1, 0.15) is 0 Å². The number of nitrogens with zero attached hydrogens (tertiary/aromatic N) is 4. The fraction of sp³-hybridized carbons (Fsp3) is 0.917. The summed E-state index contributed by atoms with van der Waals surface area (Å²) in [5.41, 5.74) is 8.38. The summed E-state index contributed by atoms with van der Waals surface area (Å²) in [5.74, 6) is 0. The first kappa shape index (κ1) is 13.0. The monoisotopic (exact) mass is 251 g/mol. The number of urea groups is 1. The first-order valence-corrected chi connectivity index (χ1v) is 6.89. The SMILES string of the molecule is [N-]=[N+]=NC1CCN(C(=O)NC2CCCCC2)CC1. The van der Waals surface area contributed by atoms with Crippen molar-refractivity contribution in [3.05, 3.63) is 10.4 Å². The highest BCUT2D eigenvalue weighted by molar-refractivity contribution is 5.74. The van der Waals surface area contributed by atoms with Crippen LogP contribution in [-0.2, 0) is 0 Å². The van der Waals surface area contributed by atoms with Crippen molar-refractivity contribution in [2.45, 2.75) is 57.0 Å². The van der Waals surface area contributed by atoms with Gasteiger partial charge in [0.25, 0.3) is 0 Å². The second-order valence-corrected chi connectivity index (χ2v) is 5.21. The fourth-order valence-electron chi connectivity index (χ4n) is 2.77. The molecule has 1 saturated carbocycles. The number of nitrogens with one attached hydrogen (secondary N) is 1. The molecule has 1 heterocycles. The predicted molar refractivity (Wildman–Crippen MR) is 69.1 cm³/mol. The molecule has 0 atom stereocenters. The molecule has 0 spiro atoms. The molecule has 1 N–H and O–H groups in total. The number of hydrogen-bond donors (Lipinski definition) is 1. The molecule has 1 aliphatic carbocycles. The molecule has 0 bridgehead atoms. The highest BCUT2D eigenvalue weighted by Gasteiger charge is 2.24. The Morgan fingerprint density at radius 3 is 2.44 bits per heavy atom. The van der Waals surface area contributed by atoms with Gasteiger partial charge >= 0.3 is 6.03 Å². The summed E-state index contributed by atoms with van der Waals surface area (Å²) in [4.78, 5) is 16.7. The number of azide groups is 1. The first-order valence-electron chi connectivity index (χ1n) is 6.89. The van der Waals surface area contributed by atoms with Gasteiger partial charge in [0.2, 0.25) is 0 Å². The van der Waals surface area contributed by atoms with Crippen LogP contribution < -0.4 is 5.32 Å². The zero-order valence-corrected chi connectivity index (χ0v) is 10.7. The molecule has 18 heavy (non-hydrogen) atoms. The van der Waals surface area contributed by atoms with Crippen molar-refractivity contribution >= 4 is 6.03 Å². The quantitative estimate of drug-likeness (QED) is 0.457. The standard InChI is InChI=1S/C12H21N5O/c13-16-15-11-6-8-17(9-7-11)12(18)14-10-4-2-1-3-5-10/h10-11H,1-9H2,(H,14,18). The van der Waals surface area contributed by atoms with Crippen molar-refractivity contribution in [3.63, 3.8) is 0 Å². The van der Waals surface area contributed by atoms with E-state index < -0.39 is 0 Å². The van der Waals surface area contributed by atoms with Gasteiger partial charge in [-0.25, -0.2) is 4.79 Å². The van der Waals surface area contributed by atoms with Crippen LogP contribution in [0.1, 0.15) is 44.9 Å². The fourth-order valence-corrected chi connectivity index (χ4v) is 2.77. The molecule has 2 amide bonds. The van der Waals surface area contributed by atoms with E-state index in [1.807, 2.05) is 4.90 Å². The van der Waals surface area contributed by atoms with Crippen LogP contribution in [0, 0.1) is 0 Å². The molecular weight excluding hydrogens is 230 g/mol. The molecule has 1 saturated heterocycles. The van der Waals surface area contributed by atoms with Gasteiger partial charge < -0.3 is 10.2 Å². The third-order valence-corrected chi connectivity index (χ3v) is 3.90. The molecule has 1 aliphatic heterocycles. The van der Waals surface area contributed by atoms with Crippen molar-refractivity contribution in [3.8, 4) is 0 Å². The van der Waals surface area contributed by atoms with Gasteiger partial charge in [-0.3, -0.25) is 0 Å². The maximum absolute atomic E-state index is 12.0. The molecule has 100 valence electrons. The van der Waals surface area contributed by atoms with E-state index in [0.717, 1.165) is 25.7 Å². The van der Waals surface area contributed by atoms with Crippen LogP contribution in [0.5, 0.6) is 0 Å². The number of likely N-dealkylation sites (tertiary alicyclic amines) is 1. The Bertz CT molecular complexity index is 325. The molecular formula is C12H21N5O. The average molecular weight is 251 g/mol. The van der Waals surface area contributed by atoms with Crippen LogP contribution in [0.25, 0.3) is 10.4 Å². The van der Waals surface area contributed by atoms with Gasteiger partial charge in [0.15, 0.2) is 0 Å². The Labute approximate surface area is 107 Å². The summed E-state index contributed by atoms with van der Waals surface area (Å²) in [6.45, 7) is 1.39. The summed E-state index contributed by atoms with van der Waals surface area (Å²) in [6, 6.07) is 0.483. The highest BCUT2D eigenvalue weighted by Crippen LogP contribution is 2.18. The Hall–Kier alpha value is -1.42. The Balaban J connectivity index is 1.74. The average Bonchev–Trinajstić information content (AvgIpc) is 2.41. The smallest absolute Gasteiger partial charge is 0.317 e. The van der Waals surface area contributed by atoms with E-state index >= 15 is 0 Å². The number of amides is 2. The van der Waals surface area contributed by atoms with E-state index in [1.165, 1.54) is 19.3 Å². The van der Waals surface area contributed by atoms with Gasteiger partial charge in [0.05, 0.1) is 0 Å². The van der Waals surface area contributed by atoms with Crippen LogP contribution in [0.2, 0.25) is 0 Å². The van der Waals surface area contributed by atoms with E-state index in [2.05, 4.69) is 15.3 Å². The van der Waals surface area contributed by atoms with Crippen LogP contribution in [-0.4, -0.2) is 36.1 Å². The third-order valence-electron chi connectivity index (χ3n) is 3.90. The summed E-state index contributed by atoms with van der Waals surface area (Å²) < 4.78 is 0. The Morgan fingerprint density at radius 1 is 1.17 bits per heavy atom. The molecule has 0 aromatic rings. The van der Waals surface area contributed by atoms with E-state index in [0.29, 0.717) is 19.1 Å². The van der Waals surface area contributed by atoms with Crippen molar-refractivity contribution < 1.29 is 4.79 Å². The highest BCUT2D eigenvalue weighted by atomic mass is 16.2. The third kappa shape index (κ3) is 3.53. The first-order chi connectivity index (χ1) is 8.79. The zero-order valence-electron chi connectivity index (χ0n) is 10.7. The topological polar surface area (TPSA) is 81.1 Å². The maximum atomic E-state index is 12.0. The minimum absolute atomic E-state index is 0.0567. The molecule has 6 nitrogen and oxygen atoms in total. The van der Waals surface area contributed by atoms with E-state index in [4.69, 9.17) is 5.53 Å². The molecule has 2 aliphatic rings. The summed E-state index contributed by atoms with van der Waals surface area (Å²) in [5, 5.41) is 6.83. The molecule has 0 radical (unpaired) electrons. The lowest BCUT2D eigenvalue weighted by Gasteiger charge is -2.32. The van der Waals surface area contributed by atoms with Crippen LogP contribution >= 0.6 is 0 Å². The molecule has 0 aromatic heterocycles. The lowest BCUT2D eigenvalue weighted by atomic mass is 9.95.